The maximum Gasteiger partial charge on any atom is 0.308 e. The van der Waals surface area contributed by atoms with E-state index in [1.165, 1.54) is 19.1 Å². The fourth-order valence-corrected chi connectivity index (χ4v) is 2.95. The van der Waals surface area contributed by atoms with Crippen LogP contribution in [0, 0.1) is 6.92 Å². The number of hydrogen-bond acceptors (Lipinski definition) is 4. The molecule has 3 aromatic rings. The van der Waals surface area contributed by atoms with Gasteiger partial charge in [0.1, 0.15) is 5.75 Å². The number of aryl methyl sites for hydroxylation is 1. The highest BCUT2D eigenvalue weighted by Gasteiger charge is 2.11. The second kappa shape index (κ2) is 10.7. The molecule has 0 saturated carbocycles. The van der Waals surface area contributed by atoms with Gasteiger partial charge in [-0.15, -0.1) is 0 Å². The lowest BCUT2D eigenvalue weighted by atomic mass is 10.1. The number of para-hydroxylation sites is 1. The van der Waals surface area contributed by atoms with Gasteiger partial charge in [-0.25, -0.2) is 0 Å². The number of nitrogens with one attached hydrogen (secondary N) is 2. The number of esters is 1. The van der Waals surface area contributed by atoms with Crippen molar-refractivity contribution in [3.63, 3.8) is 0 Å². The number of rotatable bonds is 7. The predicted molar refractivity (Wildman–Crippen MR) is 124 cm³/mol. The average molecular weight is 428 g/mol. The molecule has 2 amide bonds. The molecule has 3 aromatic carbocycles. The second-order valence-electron chi connectivity index (χ2n) is 7.19. The summed E-state index contributed by atoms with van der Waals surface area (Å²) >= 11 is 0. The van der Waals surface area contributed by atoms with Gasteiger partial charge in [-0.2, -0.15) is 0 Å². The zero-order chi connectivity index (χ0) is 22.9. The molecule has 2 N–H and O–H groups in total. The first-order valence-electron chi connectivity index (χ1n) is 10.1. The maximum atomic E-state index is 12.7. The third-order valence-electron chi connectivity index (χ3n) is 4.58. The smallest absolute Gasteiger partial charge is 0.308 e. The first-order valence-corrected chi connectivity index (χ1v) is 10.1. The molecule has 0 spiro atoms. The van der Waals surface area contributed by atoms with Crippen molar-refractivity contribution in [2.24, 2.45) is 0 Å². The molecule has 0 aliphatic heterocycles. The van der Waals surface area contributed by atoms with E-state index in [2.05, 4.69) is 10.6 Å². The highest BCUT2D eigenvalue weighted by molar-refractivity contribution is 6.05. The van der Waals surface area contributed by atoms with E-state index in [9.17, 15) is 14.4 Å². The summed E-state index contributed by atoms with van der Waals surface area (Å²) in [5.41, 5.74) is 3.79. The Morgan fingerprint density at radius 2 is 1.69 bits per heavy atom. The number of carbonyl (C=O) groups is 3. The van der Waals surface area contributed by atoms with Gasteiger partial charge in [0.2, 0.25) is 5.91 Å². The van der Waals surface area contributed by atoms with Gasteiger partial charge in [-0.05, 0) is 48.4 Å². The lowest BCUT2D eigenvalue weighted by Gasteiger charge is -2.12. The molecule has 3 rings (SSSR count). The van der Waals surface area contributed by atoms with E-state index < -0.39 is 5.97 Å². The number of anilines is 1. The van der Waals surface area contributed by atoms with Crippen LogP contribution in [0.4, 0.5) is 5.69 Å². The summed E-state index contributed by atoms with van der Waals surface area (Å²) in [5, 5.41) is 5.68. The van der Waals surface area contributed by atoms with Crippen LogP contribution < -0.4 is 15.4 Å². The van der Waals surface area contributed by atoms with Gasteiger partial charge in [-0.1, -0.05) is 54.1 Å². The summed E-state index contributed by atoms with van der Waals surface area (Å²) in [6.07, 6.45) is 3.23. The number of benzene rings is 3. The highest BCUT2D eigenvalue weighted by atomic mass is 16.5. The summed E-state index contributed by atoms with van der Waals surface area (Å²) in [6, 6.07) is 21.4. The molecule has 0 heterocycles. The Kier molecular flexibility index (Phi) is 7.54. The van der Waals surface area contributed by atoms with Gasteiger partial charge in [0, 0.05) is 30.8 Å². The number of carbonyl (C=O) groups excluding carboxylic acids is 3. The molecule has 6 heteroatoms. The number of ether oxygens (including phenoxy) is 1. The molecule has 0 radical (unpaired) electrons. The van der Waals surface area contributed by atoms with Gasteiger partial charge in [0.15, 0.2) is 0 Å². The zero-order valence-corrected chi connectivity index (χ0v) is 17.9. The Hall–Kier alpha value is -4.19. The number of hydrogen-bond donors (Lipinski definition) is 2. The van der Waals surface area contributed by atoms with Gasteiger partial charge in [0.05, 0.1) is 0 Å². The Morgan fingerprint density at radius 1 is 0.938 bits per heavy atom. The first-order chi connectivity index (χ1) is 15.4. The summed E-state index contributed by atoms with van der Waals surface area (Å²) in [5.74, 6) is -0.746. The SMILES string of the molecule is CC(=O)Oc1cccc(C(=O)Nc2ccccc2CNC(=O)/C=C/c2ccc(C)cc2)c1. The van der Waals surface area contributed by atoms with Crippen molar-refractivity contribution in [3.05, 3.63) is 101 Å². The van der Waals surface area contributed by atoms with E-state index in [1.807, 2.05) is 43.3 Å². The first kappa shape index (κ1) is 22.5. The van der Waals surface area contributed by atoms with Crippen LogP contribution in [-0.4, -0.2) is 17.8 Å². The third-order valence-corrected chi connectivity index (χ3v) is 4.58. The normalized spacial score (nSPS) is 10.6. The summed E-state index contributed by atoms with van der Waals surface area (Å²) < 4.78 is 5.03. The molecule has 0 atom stereocenters. The average Bonchev–Trinajstić information content (AvgIpc) is 2.78. The zero-order valence-electron chi connectivity index (χ0n) is 17.9. The summed E-state index contributed by atoms with van der Waals surface area (Å²) in [7, 11) is 0. The second-order valence-corrected chi connectivity index (χ2v) is 7.19. The Balaban J connectivity index is 1.63. The molecule has 0 aromatic heterocycles. The largest absolute Gasteiger partial charge is 0.427 e. The predicted octanol–water partition coefficient (Wildman–Crippen LogP) is 4.50. The van der Waals surface area contributed by atoms with Crippen molar-refractivity contribution in [1.29, 1.82) is 0 Å². The molecule has 0 aliphatic carbocycles. The molecule has 6 nitrogen and oxygen atoms in total. The quantitative estimate of drug-likeness (QED) is 0.330. The Morgan fingerprint density at radius 3 is 2.44 bits per heavy atom. The van der Waals surface area contributed by atoms with Crippen molar-refractivity contribution >= 4 is 29.5 Å². The van der Waals surface area contributed by atoms with E-state index >= 15 is 0 Å². The van der Waals surface area contributed by atoms with Crippen molar-refractivity contribution < 1.29 is 19.1 Å². The molecular formula is C26H24N2O4. The minimum atomic E-state index is -0.458. The van der Waals surface area contributed by atoms with E-state index in [0.717, 1.165) is 16.7 Å². The van der Waals surface area contributed by atoms with Crippen molar-refractivity contribution in [2.45, 2.75) is 20.4 Å². The highest BCUT2D eigenvalue weighted by Crippen LogP contribution is 2.18. The minimum absolute atomic E-state index is 0.235. The maximum absolute atomic E-state index is 12.7. The Labute approximate surface area is 186 Å². The monoisotopic (exact) mass is 428 g/mol. The van der Waals surface area contributed by atoms with Crippen LogP contribution in [0.25, 0.3) is 6.08 Å². The molecule has 0 aliphatic rings. The van der Waals surface area contributed by atoms with Gasteiger partial charge in [-0.3, -0.25) is 14.4 Å². The molecule has 0 fully saturated rings. The van der Waals surface area contributed by atoms with E-state index in [4.69, 9.17) is 4.74 Å². The third kappa shape index (κ3) is 6.67. The molecule has 0 bridgehead atoms. The van der Waals surface area contributed by atoms with Crippen LogP contribution in [0.1, 0.15) is 34.0 Å². The standard InChI is InChI=1S/C26H24N2O4/c1-18-10-12-20(13-11-18)14-15-25(30)27-17-22-6-3-4-9-24(22)28-26(31)21-7-5-8-23(16-21)32-19(2)29/h3-16H,17H2,1-2H3,(H,27,30)(H,28,31)/b15-14+. The fraction of sp³-hybridized carbons (Fsp3) is 0.115. The van der Waals surface area contributed by atoms with E-state index in [0.29, 0.717) is 17.0 Å². The Bertz CT molecular complexity index is 1150. The van der Waals surface area contributed by atoms with Crippen LogP contribution in [0.5, 0.6) is 5.75 Å². The topological polar surface area (TPSA) is 84.5 Å². The van der Waals surface area contributed by atoms with Gasteiger partial charge in [0.25, 0.3) is 5.91 Å². The molecule has 0 unspecified atom stereocenters. The van der Waals surface area contributed by atoms with Crippen molar-refractivity contribution in [3.8, 4) is 5.75 Å². The van der Waals surface area contributed by atoms with Crippen molar-refractivity contribution in [2.75, 3.05) is 5.32 Å². The van der Waals surface area contributed by atoms with Crippen molar-refractivity contribution in [1.82, 2.24) is 5.32 Å². The van der Waals surface area contributed by atoms with Crippen LogP contribution in [0.15, 0.2) is 78.9 Å². The summed E-state index contributed by atoms with van der Waals surface area (Å²) in [4.78, 5) is 36.0. The van der Waals surface area contributed by atoms with Gasteiger partial charge >= 0.3 is 5.97 Å². The van der Waals surface area contributed by atoms with Crippen LogP contribution in [0.3, 0.4) is 0 Å². The molecule has 162 valence electrons. The lowest BCUT2D eigenvalue weighted by Crippen LogP contribution is -2.22. The molecule has 0 saturated heterocycles. The lowest BCUT2D eigenvalue weighted by molar-refractivity contribution is -0.131. The van der Waals surface area contributed by atoms with Crippen LogP contribution in [-0.2, 0) is 16.1 Å². The molecule has 32 heavy (non-hydrogen) atoms. The minimum Gasteiger partial charge on any atom is -0.427 e. The van der Waals surface area contributed by atoms with Crippen LogP contribution >= 0.6 is 0 Å². The van der Waals surface area contributed by atoms with E-state index in [1.54, 1.807) is 36.4 Å². The summed E-state index contributed by atoms with van der Waals surface area (Å²) in [6.45, 7) is 3.56. The number of amides is 2. The van der Waals surface area contributed by atoms with Crippen LogP contribution in [0.2, 0.25) is 0 Å². The van der Waals surface area contributed by atoms with E-state index in [-0.39, 0.29) is 18.4 Å². The van der Waals surface area contributed by atoms with Gasteiger partial charge < -0.3 is 15.4 Å². The fourth-order valence-electron chi connectivity index (χ4n) is 2.95. The molecular weight excluding hydrogens is 404 g/mol.